The van der Waals surface area contributed by atoms with Gasteiger partial charge in [-0.05, 0) is 61.1 Å². The van der Waals surface area contributed by atoms with Gasteiger partial charge in [0.25, 0.3) is 0 Å². The lowest BCUT2D eigenvalue weighted by Gasteiger charge is -2.13. The summed E-state index contributed by atoms with van der Waals surface area (Å²) in [5.74, 6) is -0.241. The van der Waals surface area contributed by atoms with Crippen molar-refractivity contribution in [3.8, 4) is 11.5 Å². The van der Waals surface area contributed by atoms with Crippen molar-refractivity contribution < 1.29 is 15.3 Å². The van der Waals surface area contributed by atoms with Gasteiger partial charge in [0, 0.05) is 11.6 Å². The van der Waals surface area contributed by atoms with Crippen LogP contribution in [0.15, 0.2) is 42.5 Å². The Balaban J connectivity index is 1.63. The highest BCUT2D eigenvalue weighted by Crippen LogP contribution is 2.24. The SMILES string of the molecule is Oc1ccc(CCNC(O)CCCc2ccc(Cl)cc2)cc1O. The van der Waals surface area contributed by atoms with E-state index in [1.54, 1.807) is 6.07 Å². The Labute approximate surface area is 141 Å². The fourth-order valence-electron chi connectivity index (χ4n) is 2.36. The maximum atomic E-state index is 9.93. The summed E-state index contributed by atoms with van der Waals surface area (Å²) in [4.78, 5) is 0. The maximum Gasteiger partial charge on any atom is 0.157 e. The second-order valence-electron chi connectivity index (χ2n) is 5.56. The molecule has 5 heteroatoms. The first kappa shape index (κ1) is 17.6. The molecule has 2 aromatic rings. The van der Waals surface area contributed by atoms with E-state index in [0.29, 0.717) is 19.4 Å². The smallest absolute Gasteiger partial charge is 0.157 e. The van der Waals surface area contributed by atoms with E-state index in [1.165, 1.54) is 17.7 Å². The maximum absolute atomic E-state index is 9.93. The van der Waals surface area contributed by atoms with Crippen LogP contribution in [0.4, 0.5) is 0 Å². The molecule has 1 atom stereocenters. The van der Waals surface area contributed by atoms with Crippen molar-refractivity contribution in [2.45, 2.75) is 31.9 Å². The summed E-state index contributed by atoms with van der Waals surface area (Å²) in [5.41, 5.74) is 2.11. The number of rotatable bonds is 8. The molecule has 0 heterocycles. The lowest BCUT2D eigenvalue weighted by atomic mass is 10.1. The Kier molecular flexibility index (Phi) is 6.71. The van der Waals surface area contributed by atoms with Gasteiger partial charge in [-0.15, -0.1) is 0 Å². The van der Waals surface area contributed by atoms with Crippen LogP contribution >= 0.6 is 11.6 Å². The van der Waals surface area contributed by atoms with E-state index < -0.39 is 6.23 Å². The highest BCUT2D eigenvalue weighted by molar-refractivity contribution is 6.30. The molecule has 0 spiro atoms. The van der Waals surface area contributed by atoms with Crippen molar-refractivity contribution in [2.75, 3.05) is 6.54 Å². The van der Waals surface area contributed by atoms with Gasteiger partial charge in [-0.3, -0.25) is 5.32 Å². The normalized spacial score (nSPS) is 12.3. The van der Waals surface area contributed by atoms with Crippen molar-refractivity contribution in [3.05, 3.63) is 58.6 Å². The number of phenolic OH excluding ortho intramolecular Hbond substituents is 2. The van der Waals surface area contributed by atoms with E-state index in [9.17, 15) is 15.3 Å². The third kappa shape index (κ3) is 6.10. The number of phenols is 2. The topological polar surface area (TPSA) is 72.7 Å². The van der Waals surface area contributed by atoms with Crippen molar-refractivity contribution in [1.29, 1.82) is 0 Å². The van der Waals surface area contributed by atoms with Crippen molar-refractivity contribution in [3.63, 3.8) is 0 Å². The zero-order valence-corrected chi connectivity index (χ0v) is 13.6. The number of halogens is 1. The van der Waals surface area contributed by atoms with E-state index in [2.05, 4.69) is 5.32 Å². The van der Waals surface area contributed by atoms with Crippen LogP contribution in [-0.2, 0) is 12.8 Å². The molecule has 0 radical (unpaired) electrons. The van der Waals surface area contributed by atoms with Crippen molar-refractivity contribution in [2.24, 2.45) is 0 Å². The number of benzene rings is 2. The number of nitrogens with one attached hydrogen (secondary N) is 1. The highest BCUT2D eigenvalue weighted by atomic mass is 35.5. The summed E-state index contributed by atoms with van der Waals surface area (Å²) in [6.45, 7) is 0.603. The van der Waals surface area contributed by atoms with Gasteiger partial charge >= 0.3 is 0 Å². The molecule has 0 aliphatic carbocycles. The van der Waals surface area contributed by atoms with Gasteiger partial charge in [0.05, 0.1) is 0 Å². The van der Waals surface area contributed by atoms with Gasteiger partial charge in [0.2, 0.25) is 0 Å². The Bertz CT molecular complexity index is 616. The lowest BCUT2D eigenvalue weighted by Crippen LogP contribution is -2.30. The molecule has 0 fully saturated rings. The van der Waals surface area contributed by atoms with E-state index >= 15 is 0 Å². The minimum Gasteiger partial charge on any atom is -0.504 e. The van der Waals surface area contributed by atoms with E-state index in [4.69, 9.17) is 11.6 Å². The predicted octanol–water partition coefficient (Wildman–Crippen LogP) is 3.22. The molecule has 0 aromatic heterocycles. The molecule has 0 amide bonds. The van der Waals surface area contributed by atoms with Crippen LogP contribution in [-0.4, -0.2) is 28.1 Å². The average molecular weight is 336 g/mol. The van der Waals surface area contributed by atoms with Gasteiger partial charge in [-0.1, -0.05) is 29.8 Å². The largest absolute Gasteiger partial charge is 0.504 e. The summed E-state index contributed by atoms with van der Waals surface area (Å²) >= 11 is 5.84. The first-order valence-electron chi connectivity index (χ1n) is 7.71. The Morgan fingerprint density at radius 1 is 0.913 bits per heavy atom. The number of aliphatic hydroxyl groups is 1. The standard InChI is InChI=1S/C18H22ClNO3/c19-15-7-4-13(5-8-15)2-1-3-18(23)20-11-10-14-6-9-16(21)17(22)12-14/h4-9,12,18,20-23H,1-3,10-11H2. The molecule has 0 aliphatic rings. The molecule has 0 bridgehead atoms. The molecule has 4 N–H and O–H groups in total. The third-order valence-corrected chi connectivity index (χ3v) is 3.94. The summed E-state index contributed by atoms with van der Waals surface area (Å²) in [7, 11) is 0. The second kappa shape index (κ2) is 8.77. The molecule has 4 nitrogen and oxygen atoms in total. The van der Waals surface area contributed by atoms with E-state index in [1.807, 2.05) is 24.3 Å². The van der Waals surface area contributed by atoms with E-state index in [0.717, 1.165) is 23.4 Å². The monoisotopic (exact) mass is 335 g/mol. The summed E-state index contributed by atoms with van der Waals surface area (Å²) in [6.07, 6.45) is 2.58. The van der Waals surface area contributed by atoms with Gasteiger partial charge < -0.3 is 15.3 Å². The highest BCUT2D eigenvalue weighted by Gasteiger charge is 2.05. The minimum atomic E-state index is -0.548. The minimum absolute atomic E-state index is 0.119. The van der Waals surface area contributed by atoms with Crippen LogP contribution < -0.4 is 5.32 Å². The van der Waals surface area contributed by atoms with Crippen LogP contribution in [0.5, 0.6) is 11.5 Å². The zero-order valence-electron chi connectivity index (χ0n) is 12.9. The van der Waals surface area contributed by atoms with Crippen molar-refractivity contribution in [1.82, 2.24) is 5.32 Å². The van der Waals surface area contributed by atoms with Crippen LogP contribution in [0.25, 0.3) is 0 Å². The second-order valence-corrected chi connectivity index (χ2v) is 6.00. The number of aliphatic hydroxyl groups excluding tert-OH is 1. The third-order valence-electron chi connectivity index (χ3n) is 3.69. The number of hydrogen-bond donors (Lipinski definition) is 4. The zero-order chi connectivity index (χ0) is 16.7. The fraction of sp³-hybridized carbons (Fsp3) is 0.333. The summed E-state index contributed by atoms with van der Waals surface area (Å²) in [6, 6.07) is 12.5. The van der Waals surface area contributed by atoms with Gasteiger partial charge in [-0.2, -0.15) is 0 Å². The molecule has 1 unspecified atom stereocenters. The molecular weight excluding hydrogens is 314 g/mol. The molecule has 2 aromatic carbocycles. The van der Waals surface area contributed by atoms with Gasteiger partial charge in [0.15, 0.2) is 11.5 Å². The fourth-order valence-corrected chi connectivity index (χ4v) is 2.49. The van der Waals surface area contributed by atoms with E-state index in [-0.39, 0.29) is 11.5 Å². The van der Waals surface area contributed by atoms with Crippen LogP contribution in [0.3, 0.4) is 0 Å². The average Bonchev–Trinajstić information content (AvgIpc) is 2.53. The Morgan fingerprint density at radius 3 is 2.30 bits per heavy atom. The quantitative estimate of drug-likeness (QED) is 0.441. The lowest BCUT2D eigenvalue weighted by molar-refractivity contribution is 0.126. The first-order chi connectivity index (χ1) is 11.0. The molecule has 0 saturated heterocycles. The molecule has 23 heavy (non-hydrogen) atoms. The molecule has 124 valence electrons. The van der Waals surface area contributed by atoms with Gasteiger partial charge in [-0.25, -0.2) is 0 Å². The first-order valence-corrected chi connectivity index (χ1v) is 8.09. The molecule has 2 rings (SSSR count). The van der Waals surface area contributed by atoms with Crippen LogP contribution in [0.1, 0.15) is 24.0 Å². The Morgan fingerprint density at radius 2 is 1.61 bits per heavy atom. The predicted molar refractivity (Wildman–Crippen MR) is 91.9 cm³/mol. The number of aryl methyl sites for hydroxylation is 1. The molecule has 0 aliphatic heterocycles. The van der Waals surface area contributed by atoms with Crippen LogP contribution in [0.2, 0.25) is 5.02 Å². The molecule has 0 saturated carbocycles. The molecular formula is C18H22ClNO3. The number of aromatic hydroxyl groups is 2. The van der Waals surface area contributed by atoms with Gasteiger partial charge in [0.1, 0.15) is 6.23 Å². The summed E-state index contributed by atoms with van der Waals surface area (Å²) in [5, 5.41) is 32.4. The Hall–Kier alpha value is -1.75. The van der Waals surface area contributed by atoms with Crippen LogP contribution in [0, 0.1) is 0 Å². The number of hydrogen-bond acceptors (Lipinski definition) is 4. The summed E-state index contributed by atoms with van der Waals surface area (Å²) < 4.78 is 0. The van der Waals surface area contributed by atoms with Crippen molar-refractivity contribution >= 4 is 11.6 Å².